The Balaban J connectivity index is 2.41. The van der Waals surface area contributed by atoms with E-state index >= 15 is 0 Å². The molecule has 2 rings (SSSR count). The molecule has 2 aromatic carbocycles. The minimum atomic E-state index is 0.141. The van der Waals surface area contributed by atoms with Gasteiger partial charge in [0.25, 0.3) is 0 Å². The fourth-order valence-corrected chi connectivity index (χ4v) is 4.05. The number of hydrogen-bond donors (Lipinski definition) is 0. The van der Waals surface area contributed by atoms with Gasteiger partial charge >= 0.3 is 0 Å². The molecule has 0 atom stereocenters. The van der Waals surface area contributed by atoms with E-state index in [0.717, 1.165) is 24.0 Å². The van der Waals surface area contributed by atoms with E-state index in [2.05, 4.69) is 51.3 Å². The average molecular weight is 515 g/mol. The minimum absolute atomic E-state index is 0.141. The summed E-state index contributed by atoms with van der Waals surface area (Å²) in [5.41, 5.74) is 2.59. The van der Waals surface area contributed by atoms with E-state index in [1.165, 1.54) is 0 Å². The van der Waals surface area contributed by atoms with Crippen molar-refractivity contribution in [2.24, 2.45) is 0 Å². The maximum absolute atomic E-state index is 9.41. The van der Waals surface area contributed by atoms with Gasteiger partial charge in [-0.1, -0.05) is 30.3 Å². The zero-order valence-corrected chi connectivity index (χ0v) is 16.6. The summed E-state index contributed by atoms with van der Waals surface area (Å²) in [7, 11) is 0. The molecule has 0 radical (unpaired) electrons. The van der Waals surface area contributed by atoms with Crippen LogP contribution in [0.3, 0.4) is 0 Å². The molecule has 112 valence electrons. The fraction of sp³-hybridized carbons (Fsp3) is 0.167. The van der Waals surface area contributed by atoms with Gasteiger partial charge in [0.1, 0.15) is 5.75 Å². The van der Waals surface area contributed by atoms with E-state index in [4.69, 9.17) is 4.74 Å². The van der Waals surface area contributed by atoms with E-state index in [9.17, 15) is 5.26 Å². The topological polar surface area (TPSA) is 33.0 Å². The Morgan fingerprint density at radius 2 is 1.73 bits per heavy atom. The number of rotatable bonds is 4. The molecule has 0 bridgehead atoms. The lowest BCUT2D eigenvalue weighted by Crippen LogP contribution is -2.08. The molecule has 0 fully saturated rings. The van der Waals surface area contributed by atoms with Crippen molar-refractivity contribution in [2.45, 2.75) is 20.0 Å². The van der Waals surface area contributed by atoms with Crippen molar-refractivity contribution in [2.75, 3.05) is 0 Å². The third-order valence-corrected chi connectivity index (χ3v) is 4.49. The van der Waals surface area contributed by atoms with Crippen molar-refractivity contribution in [3.05, 3.63) is 60.7 Å². The largest absolute Gasteiger partial charge is 0.489 e. The Kier molecular flexibility index (Phi) is 6.26. The molecule has 0 N–H and O–H groups in total. The number of nitrogens with zero attached hydrogens (tertiary/aromatic N) is 1. The molecule has 0 spiro atoms. The van der Waals surface area contributed by atoms with Gasteiger partial charge in [-0.05, 0) is 88.4 Å². The predicted octanol–water partition coefficient (Wildman–Crippen LogP) is 5.75. The van der Waals surface area contributed by atoms with E-state index in [-0.39, 0.29) is 6.10 Å². The molecule has 0 aromatic heterocycles. The Labute approximate surface area is 158 Å². The van der Waals surface area contributed by atoms with E-state index in [0.29, 0.717) is 5.57 Å². The van der Waals surface area contributed by atoms with Crippen molar-refractivity contribution in [1.29, 1.82) is 5.26 Å². The Hall–Kier alpha value is -1.07. The van der Waals surface area contributed by atoms with Gasteiger partial charge in [-0.25, -0.2) is 0 Å². The first-order valence-electron chi connectivity index (χ1n) is 6.84. The molecule has 2 nitrogen and oxygen atoms in total. The summed E-state index contributed by atoms with van der Waals surface area (Å²) in [5, 5.41) is 9.41. The number of benzene rings is 2. The molecule has 0 aliphatic carbocycles. The lowest BCUT2D eigenvalue weighted by Gasteiger charge is -2.14. The van der Waals surface area contributed by atoms with Gasteiger partial charge in [-0.15, -0.1) is 0 Å². The Morgan fingerprint density at radius 3 is 2.23 bits per heavy atom. The summed E-state index contributed by atoms with van der Waals surface area (Å²) in [6.45, 7) is 4.03. The van der Waals surface area contributed by atoms with Crippen LogP contribution in [0.25, 0.3) is 11.6 Å². The number of allylic oxidation sites excluding steroid dienone is 1. The quantitative estimate of drug-likeness (QED) is 0.296. The van der Waals surface area contributed by atoms with Crippen LogP contribution in [-0.4, -0.2) is 6.10 Å². The highest BCUT2D eigenvalue weighted by Crippen LogP contribution is 2.31. The molecule has 0 unspecified atom stereocenters. The summed E-state index contributed by atoms with van der Waals surface area (Å²) in [5.74, 6) is 0.909. The lowest BCUT2D eigenvalue weighted by atomic mass is 10.0. The van der Waals surface area contributed by atoms with E-state index < -0.39 is 0 Å². The fourth-order valence-electron chi connectivity index (χ4n) is 1.98. The highest BCUT2D eigenvalue weighted by atomic mass is 127. The molecule has 0 aliphatic rings. The lowest BCUT2D eigenvalue weighted by molar-refractivity contribution is 0.239. The van der Waals surface area contributed by atoms with Crippen LogP contribution < -0.4 is 4.74 Å². The molecule has 0 saturated carbocycles. The van der Waals surface area contributed by atoms with Gasteiger partial charge in [0.05, 0.1) is 24.9 Å². The van der Waals surface area contributed by atoms with Crippen molar-refractivity contribution < 1.29 is 4.74 Å². The molecule has 0 heterocycles. The zero-order chi connectivity index (χ0) is 16.1. The van der Waals surface area contributed by atoms with Gasteiger partial charge < -0.3 is 4.74 Å². The smallest absolute Gasteiger partial charge is 0.146 e. The Bertz CT molecular complexity index is 707. The van der Waals surface area contributed by atoms with Crippen LogP contribution in [-0.2, 0) is 0 Å². The molecular weight excluding hydrogens is 500 g/mol. The summed E-state index contributed by atoms with van der Waals surface area (Å²) in [6, 6.07) is 16.1. The van der Waals surface area contributed by atoms with Crippen LogP contribution >= 0.6 is 45.2 Å². The van der Waals surface area contributed by atoms with Crippen molar-refractivity contribution in [3.63, 3.8) is 0 Å². The summed E-state index contributed by atoms with van der Waals surface area (Å²) in [6.07, 6.45) is 2.06. The minimum Gasteiger partial charge on any atom is -0.489 e. The molecule has 4 heteroatoms. The highest BCUT2D eigenvalue weighted by Gasteiger charge is 2.10. The molecule has 2 aromatic rings. The van der Waals surface area contributed by atoms with E-state index in [1.54, 1.807) is 0 Å². The van der Waals surface area contributed by atoms with Crippen LogP contribution in [0.2, 0.25) is 0 Å². The number of nitriles is 1. The van der Waals surface area contributed by atoms with Gasteiger partial charge in [0, 0.05) is 0 Å². The van der Waals surface area contributed by atoms with Crippen molar-refractivity contribution in [1.82, 2.24) is 0 Å². The van der Waals surface area contributed by atoms with Crippen LogP contribution in [0, 0.1) is 18.5 Å². The first-order chi connectivity index (χ1) is 10.5. The third-order valence-electron chi connectivity index (χ3n) is 2.89. The zero-order valence-electron chi connectivity index (χ0n) is 12.3. The summed E-state index contributed by atoms with van der Waals surface area (Å²) >= 11 is 4.55. The standard InChI is InChI=1S/C18H15I2NO/c1-12(2)22-18-16(19)9-13(10-17(18)20)8-15(11-21)14-6-4-3-5-7-14/h3-10,12H,1-2H3/b15-8-. The van der Waals surface area contributed by atoms with Gasteiger partial charge in [-0.3, -0.25) is 0 Å². The monoisotopic (exact) mass is 515 g/mol. The molecule has 22 heavy (non-hydrogen) atoms. The van der Waals surface area contributed by atoms with Gasteiger partial charge in [0.15, 0.2) is 0 Å². The number of ether oxygens (including phenoxy) is 1. The van der Waals surface area contributed by atoms with Crippen LogP contribution in [0.1, 0.15) is 25.0 Å². The maximum Gasteiger partial charge on any atom is 0.146 e. The second kappa shape index (κ2) is 7.97. The highest BCUT2D eigenvalue weighted by molar-refractivity contribution is 14.1. The molecule has 0 saturated heterocycles. The molecule has 0 aliphatic heterocycles. The second-order valence-corrected chi connectivity index (χ2v) is 7.34. The van der Waals surface area contributed by atoms with Crippen molar-refractivity contribution >= 4 is 56.8 Å². The SMILES string of the molecule is CC(C)Oc1c(I)cc(/C=C(/C#N)c2ccccc2)cc1I. The maximum atomic E-state index is 9.41. The summed E-state index contributed by atoms with van der Waals surface area (Å²) < 4.78 is 7.95. The Morgan fingerprint density at radius 1 is 1.14 bits per heavy atom. The first-order valence-corrected chi connectivity index (χ1v) is 9.00. The van der Waals surface area contributed by atoms with Crippen LogP contribution in [0.15, 0.2) is 42.5 Å². The second-order valence-electron chi connectivity index (χ2n) is 5.02. The third kappa shape index (κ3) is 4.46. The predicted molar refractivity (Wildman–Crippen MR) is 108 cm³/mol. The summed E-state index contributed by atoms with van der Waals surface area (Å²) in [4.78, 5) is 0. The van der Waals surface area contributed by atoms with Gasteiger partial charge in [0.2, 0.25) is 0 Å². The number of halogens is 2. The average Bonchev–Trinajstić information content (AvgIpc) is 2.49. The number of hydrogen-bond acceptors (Lipinski definition) is 2. The molecule has 0 amide bonds. The molecular formula is C18H15I2NO. The first kappa shape index (κ1) is 17.3. The van der Waals surface area contributed by atoms with Crippen LogP contribution in [0.5, 0.6) is 5.75 Å². The van der Waals surface area contributed by atoms with E-state index in [1.807, 2.05) is 62.4 Å². The van der Waals surface area contributed by atoms with Crippen molar-refractivity contribution in [3.8, 4) is 11.8 Å². The normalized spacial score (nSPS) is 11.4. The van der Waals surface area contributed by atoms with Gasteiger partial charge in [-0.2, -0.15) is 5.26 Å². The van der Waals surface area contributed by atoms with Crippen LogP contribution in [0.4, 0.5) is 0 Å².